The van der Waals surface area contributed by atoms with Gasteiger partial charge in [-0.1, -0.05) is 0 Å². The smallest absolute Gasteiger partial charge is 0.117 e. The van der Waals surface area contributed by atoms with Gasteiger partial charge in [-0.3, -0.25) is 0 Å². The summed E-state index contributed by atoms with van der Waals surface area (Å²) in [7, 11) is 1.66. The van der Waals surface area contributed by atoms with E-state index in [0.29, 0.717) is 26.4 Å². The summed E-state index contributed by atoms with van der Waals surface area (Å²) in [5.74, 6) is 0.935. The number of furan rings is 1. The summed E-state index contributed by atoms with van der Waals surface area (Å²) >= 11 is 0. The molecule has 1 aromatic rings. The Labute approximate surface area is 108 Å². The highest BCUT2D eigenvalue weighted by Crippen LogP contribution is 1.98. The maximum atomic E-state index is 5.58. The first-order chi connectivity index (χ1) is 8.83. The summed E-state index contributed by atoms with van der Waals surface area (Å²) in [5, 5.41) is 3.27. The van der Waals surface area contributed by atoms with E-state index in [1.165, 1.54) is 0 Å². The average molecular weight is 257 g/mol. The Kier molecular flexibility index (Phi) is 8.50. The highest BCUT2D eigenvalue weighted by atomic mass is 16.5. The van der Waals surface area contributed by atoms with E-state index in [1.54, 1.807) is 13.4 Å². The van der Waals surface area contributed by atoms with Gasteiger partial charge in [-0.25, -0.2) is 0 Å². The van der Waals surface area contributed by atoms with Gasteiger partial charge in [-0.2, -0.15) is 0 Å². The lowest BCUT2D eigenvalue weighted by molar-refractivity contribution is -0.0000807. The Morgan fingerprint density at radius 1 is 1.28 bits per heavy atom. The van der Waals surface area contributed by atoms with Gasteiger partial charge < -0.3 is 23.9 Å². The lowest BCUT2D eigenvalue weighted by Crippen LogP contribution is -2.27. The van der Waals surface area contributed by atoms with Gasteiger partial charge in [-0.05, 0) is 19.1 Å². The minimum atomic E-state index is 0.158. The summed E-state index contributed by atoms with van der Waals surface area (Å²) in [6.07, 6.45) is 1.83. The second kappa shape index (κ2) is 10.1. The lowest BCUT2D eigenvalue weighted by Gasteiger charge is -2.13. The largest absolute Gasteiger partial charge is 0.468 e. The number of hydrogen-bond acceptors (Lipinski definition) is 5. The van der Waals surface area contributed by atoms with E-state index in [2.05, 4.69) is 5.32 Å². The van der Waals surface area contributed by atoms with Gasteiger partial charge in [0, 0.05) is 13.7 Å². The van der Waals surface area contributed by atoms with E-state index < -0.39 is 0 Å². The highest BCUT2D eigenvalue weighted by Gasteiger charge is 2.02. The zero-order valence-corrected chi connectivity index (χ0v) is 11.2. The quantitative estimate of drug-likeness (QED) is 0.608. The summed E-state index contributed by atoms with van der Waals surface area (Å²) in [6, 6.07) is 3.83. The molecule has 1 atom stereocenters. The molecule has 0 fully saturated rings. The van der Waals surface area contributed by atoms with Crippen LogP contribution in [-0.2, 0) is 20.8 Å². The minimum absolute atomic E-state index is 0.158. The van der Waals surface area contributed by atoms with Crippen molar-refractivity contribution in [3.8, 4) is 0 Å². The SMILES string of the molecule is COCCOCCOC(C)CNCc1ccco1. The molecule has 0 saturated carbocycles. The van der Waals surface area contributed by atoms with Crippen molar-refractivity contribution in [2.75, 3.05) is 40.1 Å². The molecule has 1 heterocycles. The van der Waals surface area contributed by atoms with Crippen molar-refractivity contribution in [3.63, 3.8) is 0 Å². The maximum absolute atomic E-state index is 5.58. The maximum Gasteiger partial charge on any atom is 0.117 e. The molecule has 1 aromatic heterocycles. The predicted octanol–water partition coefficient (Wildman–Crippen LogP) is 1.44. The third-order valence-corrected chi connectivity index (χ3v) is 2.37. The molecule has 5 heteroatoms. The fourth-order valence-corrected chi connectivity index (χ4v) is 1.42. The second-order valence-electron chi connectivity index (χ2n) is 4.00. The molecule has 0 bridgehead atoms. The van der Waals surface area contributed by atoms with Crippen molar-refractivity contribution in [1.82, 2.24) is 5.32 Å². The van der Waals surface area contributed by atoms with Gasteiger partial charge in [0.2, 0.25) is 0 Å². The van der Waals surface area contributed by atoms with E-state index in [4.69, 9.17) is 18.6 Å². The Hall–Kier alpha value is -0.880. The first-order valence-electron chi connectivity index (χ1n) is 6.24. The summed E-state index contributed by atoms with van der Waals surface area (Å²) in [4.78, 5) is 0. The van der Waals surface area contributed by atoms with E-state index in [-0.39, 0.29) is 6.10 Å². The van der Waals surface area contributed by atoms with Crippen LogP contribution in [0.2, 0.25) is 0 Å². The molecule has 0 aliphatic carbocycles. The summed E-state index contributed by atoms with van der Waals surface area (Å²) in [6.45, 7) is 6.00. The number of ether oxygens (including phenoxy) is 3. The summed E-state index contributed by atoms with van der Waals surface area (Å²) < 4.78 is 21.0. The molecule has 0 aliphatic rings. The van der Waals surface area contributed by atoms with E-state index in [9.17, 15) is 0 Å². The Bertz CT molecular complexity index is 277. The number of rotatable bonds is 11. The average Bonchev–Trinajstić information content (AvgIpc) is 2.87. The molecule has 1 N–H and O–H groups in total. The number of nitrogens with one attached hydrogen (secondary N) is 1. The number of hydrogen-bond donors (Lipinski definition) is 1. The third kappa shape index (κ3) is 7.45. The van der Waals surface area contributed by atoms with Crippen LogP contribution >= 0.6 is 0 Å². The van der Waals surface area contributed by atoms with Crippen LogP contribution in [0.4, 0.5) is 0 Å². The Morgan fingerprint density at radius 3 is 2.83 bits per heavy atom. The Morgan fingerprint density at radius 2 is 2.11 bits per heavy atom. The minimum Gasteiger partial charge on any atom is -0.468 e. The normalized spacial score (nSPS) is 12.8. The summed E-state index contributed by atoms with van der Waals surface area (Å²) in [5.41, 5.74) is 0. The third-order valence-electron chi connectivity index (χ3n) is 2.37. The molecule has 0 radical (unpaired) electrons. The van der Waals surface area contributed by atoms with Crippen molar-refractivity contribution < 1.29 is 18.6 Å². The van der Waals surface area contributed by atoms with Crippen molar-refractivity contribution in [1.29, 1.82) is 0 Å². The van der Waals surface area contributed by atoms with Crippen LogP contribution in [0.1, 0.15) is 12.7 Å². The molecule has 0 saturated heterocycles. The molecule has 104 valence electrons. The molecule has 18 heavy (non-hydrogen) atoms. The van der Waals surface area contributed by atoms with Crippen molar-refractivity contribution in [2.24, 2.45) is 0 Å². The molecule has 1 rings (SSSR count). The molecular formula is C13H23NO4. The first kappa shape index (κ1) is 15.2. The number of methoxy groups -OCH3 is 1. The van der Waals surface area contributed by atoms with Gasteiger partial charge in [0.15, 0.2) is 0 Å². The standard InChI is InChI=1S/C13H23NO4/c1-12(17-9-8-16-7-6-15-2)10-14-11-13-4-3-5-18-13/h3-5,12,14H,6-11H2,1-2H3. The molecule has 1 unspecified atom stereocenters. The van der Waals surface area contributed by atoms with Crippen LogP contribution in [0.25, 0.3) is 0 Å². The molecule has 0 aromatic carbocycles. The van der Waals surface area contributed by atoms with Crippen LogP contribution in [0.15, 0.2) is 22.8 Å². The molecular weight excluding hydrogens is 234 g/mol. The first-order valence-corrected chi connectivity index (χ1v) is 6.24. The molecule has 5 nitrogen and oxygen atoms in total. The van der Waals surface area contributed by atoms with Crippen LogP contribution < -0.4 is 5.32 Å². The van der Waals surface area contributed by atoms with Crippen molar-refractivity contribution in [3.05, 3.63) is 24.2 Å². The Balaban J connectivity index is 1.89. The fourth-order valence-electron chi connectivity index (χ4n) is 1.42. The van der Waals surface area contributed by atoms with E-state index in [1.807, 2.05) is 19.1 Å². The lowest BCUT2D eigenvalue weighted by atomic mass is 10.4. The van der Waals surface area contributed by atoms with Gasteiger partial charge in [0.05, 0.1) is 45.3 Å². The molecule has 0 aliphatic heterocycles. The van der Waals surface area contributed by atoms with Gasteiger partial charge in [0.25, 0.3) is 0 Å². The zero-order chi connectivity index (χ0) is 13.1. The molecule has 0 spiro atoms. The highest BCUT2D eigenvalue weighted by molar-refractivity contribution is 4.97. The monoisotopic (exact) mass is 257 g/mol. The second-order valence-corrected chi connectivity index (χ2v) is 4.00. The van der Waals surface area contributed by atoms with Crippen LogP contribution in [-0.4, -0.2) is 46.2 Å². The van der Waals surface area contributed by atoms with Crippen LogP contribution in [0, 0.1) is 0 Å². The van der Waals surface area contributed by atoms with Gasteiger partial charge >= 0.3 is 0 Å². The predicted molar refractivity (Wildman–Crippen MR) is 68.5 cm³/mol. The molecule has 0 amide bonds. The van der Waals surface area contributed by atoms with Gasteiger partial charge in [0.1, 0.15) is 5.76 Å². The topological polar surface area (TPSA) is 52.9 Å². The van der Waals surface area contributed by atoms with Crippen LogP contribution in [0.3, 0.4) is 0 Å². The van der Waals surface area contributed by atoms with E-state index in [0.717, 1.165) is 18.8 Å². The zero-order valence-electron chi connectivity index (χ0n) is 11.2. The van der Waals surface area contributed by atoms with Crippen LogP contribution in [0.5, 0.6) is 0 Å². The van der Waals surface area contributed by atoms with Crippen molar-refractivity contribution >= 4 is 0 Å². The fraction of sp³-hybridized carbons (Fsp3) is 0.692. The van der Waals surface area contributed by atoms with E-state index >= 15 is 0 Å². The van der Waals surface area contributed by atoms with Crippen molar-refractivity contribution in [2.45, 2.75) is 19.6 Å². The van der Waals surface area contributed by atoms with Gasteiger partial charge in [-0.15, -0.1) is 0 Å².